The predicted octanol–water partition coefficient (Wildman–Crippen LogP) is 24.2. The van der Waals surface area contributed by atoms with Gasteiger partial charge in [0.1, 0.15) is 13.2 Å². The summed E-state index contributed by atoms with van der Waals surface area (Å²) in [5.41, 5.74) is 0. The van der Waals surface area contributed by atoms with Gasteiger partial charge < -0.3 is 14.2 Å². The third kappa shape index (κ3) is 67.3. The van der Waals surface area contributed by atoms with E-state index >= 15 is 0 Å². The number of allylic oxidation sites excluding steroid dienone is 14. The van der Waals surface area contributed by atoms with Crippen molar-refractivity contribution in [1.29, 1.82) is 0 Å². The molecule has 0 fully saturated rings. The first kappa shape index (κ1) is 77.6. The highest BCUT2D eigenvalue weighted by Crippen LogP contribution is 2.18. The number of hydrogen-bond donors (Lipinski definition) is 0. The van der Waals surface area contributed by atoms with Gasteiger partial charge in [0.05, 0.1) is 0 Å². The molecule has 0 aliphatic rings. The Kier molecular flexibility index (Phi) is 66.2. The van der Waals surface area contributed by atoms with Gasteiger partial charge in [-0.2, -0.15) is 0 Å². The predicted molar refractivity (Wildman–Crippen MR) is 353 cm³/mol. The molecule has 468 valence electrons. The van der Waals surface area contributed by atoms with Crippen LogP contribution in [0.15, 0.2) is 85.1 Å². The molecule has 6 nitrogen and oxygen atoms in total. The number of rotatable bonds is 64. The maximum Gasteiger partial charge on any atom is 0.306 e. The zero-order valence-electron chi connectivity index (χ0n) is 53.8. The van der Waals surface area contributed by atoms with E-state index < -0.39 is 6.10 Å². The zero-order valence-corrected chi connectivity index (χ0v) is 53.8. The number of carbonyl (C=O) groups excluding carboxylic acids is 3. The van der Waals surface area contributed by atoms with Crippen LogP contribution in [0.3, 0.4) is 0 Å². The molecule has 0 spiro atoms. The molecule has 1 atom stereocenters. The Morgan fingerprint density at radius 3 is 0.765 bits per heavy atom. The molecular formula is C75H132O6. The van der Waals surface area contributed by atoms with Crippen LogP contribution in [0.1, 0.15) is 355 Å². The van der Waals surface area contributed by atoms with E-state index in [1.54, 1.807) is 0 Å². The van der Waals surface area contributed by atoms with Crippen molar-refractivity contribution in [1.82, 2.24) is 0 Å². The largest absolute Gasteiger partial charge is 0.462 e. The molecule has 0 heterocycles. The average molecular weight is 1130 g/mol. The summed E-state index contributed by atoms with van der Waals surface area (Å²) in [5, 5.41) is 0. The highest BCUT2D eigenvalue weighted by Gasteiger charge is 2.19. The molecule has 0 aromatic heterocycles. The van der Waals surface area contributed by atoms with Crippen molar-refractivity contribution >= 4 is 17.9 Å². The summed E-state index contributed by atoms with van der Waals surface area (Å²) in [6.07, 6.45) is 91.7. The lowest BCUT2D eigenvalue weighted by atomic mass is 10.0. The minimum absolute atomic E-state index is 0.0775. The molecule has 0 amide bonds. The fourth-order valence-electron chi connectivity index (χ4n) is 10.2. The van der Waals surface area contributed by atoms with E-state index in [4.69, 9.17) is 14.2 Å². The molecule has 0 radical (unpaired) electrons. The third-order valence-corrected chi connectivity index (χ3v) is 15.4. The van der Waals surface area contributed by atoms with Gasteiger partial charge in [0.2, 0.25) is 0 Å². The second kappa shape index (κ2) is 69.1. The molecule has 0 bridgehead atoms. The van der Waals surface area contributed by atoms with Gasteiger partial charge in [0.15, 0.2) is 6.10 Å². The molecule has 0 aromatic rings. The first-order chi connectivity index (χ1) is 40.0. The molecule has 0 aliphatic carbocycles. The molecule has 0 N–H and O–H groups in total. The van der Waals surface area contributed by atoms with Crippen molar-refractivity contribution in [2.75, 3.05) is 13.2 Å². The van der Waals surface area contributed by atoms with Crippen LogP contribution in [0.4, 0.5) is 0 Å². The van der Waals surface area contributed by atoms with E-state index in [1.165, 1.54) is 205 Å². The average Bonchev–Trinajstić information content (AvgIpc) is 3.47. The minimum Gasteiger partial charge on any atom is -0.462 e. The Balaban J connectivity index is 4.29. The van der Waals surface area contributed by atoms with Crippen LogP contribution in [0.25, 0.3) is 0 Å². The van der Waals surface area contributed by atoms with Gasteiger partial charge in [-0.15, -0.1) is 0 Å². The summed E-state index contributed by atoms with van der Waals surface area (Å²) in [4.78, 5) is 38.4. The summed E-state index contributed by atoms with van der Waals surface area (Å²) >= 11 is 0. The standard InChI is InChI=1S/C75H132O6/c1-4-7-10-13-16-19-22-25-28-31-33-34-35-36-37-38-39-40-41-42-43-45-47-50-53-56-59-62-65-68-74(77)80-71-72(70-79-73(76)67-64-61-58-55-52-49-46-30-27-24-21-18-15-12-9-6-3)81-75(78)69-66-63-60-57-54-51-48-44-32-29-26-23-20-17-14-11-8-5-2/h7,10,16,19,21,24-25,28,30,33-34,36-37,46,72H,4-6,8-9,11-15,17-18,20,22-23,26-27,29,31-32,35,38-45,47-71H2,1-3H3/b10-7-,19-16-,24-21-,28-25-,34-33-,37-36-,46-30-. The molecule has 0 saturated carbocycles. The summed E-state index contributed by atoms with van der Waals surface area (Å²) in [6, 6.07) is 0. The van der Waals surface area contributed by atoms with Gasteiger partial charge in [-0.25, -0.2) is 0 Å². The summed E-state index contributed by atoms with van der Waals surface area (Å²) in [7, 11) is 0. The van der Waals surface area contributed by atoms with Crippen molar-refractivity contribution in [3.63, 3.8) is 0 Å². The van der Waals surface area contributed by atoms with Crippen LogP contribution >= 0.6 is 0 Å². The number of ether oxygens (including phenoxy) is 3. The summed E-state index contributed by atoms with van der Waals surface area (Å²) < 4.78 is 17.0. The fraction of sp³-hybridized carbons (Fsp3) is 0.773. The Bertz CT molecular complexity index is 1530. The zero-order chi connectivity index (χ0) is 58.5. The topological polar surface area (TPSA) is 78.9 Å². The van der Waals surface area contributed by atoms with Gasteiger partial charge in [0.25, 0.3) is 0 Å². The van der Waals surface area contributed by atoms with Crippen molar-refractivity contribution in [2.45, 2.75) is 361 Å². The van der Waals surface area contributed by atoms with E-state index in [1.807, 2.05) is 0 Å². The minimum atomic E-state index is -0.782. The lowest BCUT2D eigenvalue weighted by molar-refractivity contribution is -0.167. The SMILES string of the molecule is CC/C=C\C/C=C\C/C=C\C/C=C\C/C=C\CCCCCCCCCCCCCCCC(=O)OCC(COC(=O)CCCCCCC/C=C\C/C=C\CCCCCC)OC(=O)CCCCCCCCCCCCCCCCCCCC. The molecule has 0 saturated heterocycles. The smallest absolute Gasteiger partial charge is 0.306 e. The highest BCUT2D eigenvalue weighted by atomic mass is 16.6. The van der Waals surface area contributed by atoms with Crippen LogP contribution in [0.5, 0.6) is 0 Å². The molecule has 6 heteroatoms. The molecule has 1 unspecified atom stereocenters. The van der Waals surface area contributed by atoms with Gasteiger partial charge in [-0.05, 0) is 96.3 Å². The normalized spacial score (nSPS) is 12.6. The van der Waals surface area contributed by atoms with Crippen molar-refractivity contribution in [3.8, 4) is 0 Å². The molecule has 0 aliphatic heterocycles. The van der Waals surface area contributed by atoms with Gasteiger partial charge >= 0.3 is 17.9 Å². The summed E-state index contributed by atoms with van der Waals surface area (Å²) in [6.45, 7) is 6.55. The molecule has 0 rings (SSSR count). The lowest BCUT2D eigenvalue weighted by Crippen LogP contribution is -2.30. The highest BCUT2D eigenvalue weighted by molar-refractivity contribution is 5.71. The molecule has 0 aromatic carbocycles. The van der Waals surface area contributed by atoms with Crippen LogP contribution in [-0.2, 0) is 28.6 Å². The second-order valence-electron chi connectivity index (χ2n) is 23.4. The first-order valence-electron chi connectivity index (χ1n) is 35.1. The third-order valence-electron chi connectivity index (χ3n) is 15.4. The Labute approximate surface area is 503 Å². The number of carbonyl (C=O) groups is 3. The quantitative estimate of drug-likeness (QED) is 0.0261. The monoisotopic (exact) mass is 1130 g/mol. The number of esters is 3. The van der Waals surface area contributed by atoms with E-state index in [0.29, 0.717) is 19.3 Å². The number of hydrogen-bond acceptors (Lipinski definition) is 6. The lowest BCUT2D eigenvalue weighted by Gasteiger charge is -2.18. The van der Waals surface area contributed by atoms with E-state index in [0.717, 1.165) is 109 Å². The van der Waals surface area contributed by atoms with Crippen molar-refractivity contribution < 1.29 is 28.6 Å². The van der Waals surface area contributed by atoms with E-state index in [-0.39, 0.29) is 31.1 Å². The maximum atomic E-state index is 12.9. The van der Waals surface area contributed by atoms with Crippen molar-refractivity contribution in [3.05, 3.63) is 85.1 Å². The maximum absolute atomic E-state index is 12.9. The van der Waals surface area contributed by atoms with Crippen LogP contribution in [0.2, 0.25) is 0 Å². The van der Waals surface area contributed by atoms with Crippen LogP contribution in [-0.4, -0.2) is 37.2 Å². The fourth-order valence-corrected chi connectivity index (χ4v) is 10.2. The van der Waals surface area contributed by atoms with Gasteiger partial charge in [-0.1, -0.05) is 324 Å². The van der Waals surface area contributed by atoms with Gasteiger partial charge in [-0.3, -0.25) is 14.4 Å². The van der Waals surface area contributed by atoms with E-state index in [9.17, 15) is 14.4 Å². The Morgan fingerprint density at radius 1 is 0.259 bits per heavy atom. The molecule has 81 heavy (non-hydrogen) atoms. The van der Waals surface area contributed by atoms with E-state index in [2.05, 4.69) is 106 Å². The Morgan fingerprint density at radius 2 is 0.481 bits per heavy atom. The summed E-state index contributed by atoms with van der Waals surface area (Å²) in [5.74, 6) is -0.872. The molecular weight excluding hydrogens is 997 g/mol. The first-order valence-corrected chi connectivity index (χ1v) is 35.1. The van der Waals surface area contributed by atoms with Crippen molar-refractivity contribution in [2.24, 2.45) is 0 Å². The number of unbranched alkanes of at least 4 members (excludes halogenated alkanes) is 39. The second-order valence-corrected chi connectivity index (χ2v) is 23.4. The Hall–Kier alpha value is -3.41. The van der Waals surface area contributed by atoms with Crippen LogP contribution in [0, 0.1) is 0 Å². The van der Waals surface area contributed by atoms with Crippen LogP contribution < -0.4 is 0 Å². The van der Waals surface area contributed by atoms with Gasteiger partial charge in [0, 0.05) is 19.3 Å².